The van der Waals surface area contributed by atoms with Crippen LogP contribution in [0.2, 0.25) is 0 Å². The molecule has 21 heavy (non-hydrogen) atoms. The van der Waals surface area contributed by atoms with Crippen LogP contribution in [0.3, 0.4) is 0 Å². The third-order valence-corrected chi connectivity index (χ3v) is 3.61. The summed E-state index contributed by atoms with van der Waals surface area (Å²) < 4.78 is 10.4. The molecule has 2 N–H and O–H groups in total. The number of halogens is 1. The summed E-state index contributed by atoms with van der Waals surface area (Å²) in [7, 11) is 1.64. The van der Waals surface area contributed by atoms with E-state index >= 15 is 0 Å². The SMILES string of the molecule is COCCOc1ccc(NC(=O)C(C)C2CNC2)cc1.Cl. The van der Waals surface area contributed by atoms with E-state index in [1.54, 1.807) is 7.11 Å². The van der Waals surface area contributed by atoms with Crippen LogP contribution in [-0.4, -0.2) is 39.3 Å². The minimum Gasteiger partial charge on any atom is -0.491 e. The molecular weight excluding hydrogens is 292 g/mol. The summed E-state index contributed by atoms with van der Waals surface area (Å²) >= 11 is 0. The van der Waals surface area contributed by atoms with Crippen LogP contribution in [0.4, 0.5) is 5.69 Å². The first-order valence-corrected chi connectivity index (χ1v) is 6.94. The van der Waals surface area contributed by atoms with Crippen LogP contribution in [0.1, 0.15) is 6.92 Å². The van der Waals surface area contributed by atoms with Crippen molar-refractivity contribution in [2.45, 2.75) is 6.92 Å². The van der Waals surface area contributed by atoms with E-state index in [1.807, 2.05) is 31.2 Å². The molecule has 1 unspecified atom stereocenters. The fourth-order valence-electron chi connectivity index (χ4n) is 2.01. The molecule has 0 saturated carbocycles. The van der Waals surface area contributed by atoms with Crippen LogP contribution in [0.5, 0.6) is 5.75 Å². The predicted octanol–water partition coefficient (Wildman–Crippen LogP) is 1.93. The van der Waals surface area contributed by atoms with Gasteiger partial charge in [0.1, 0.15) is 12.4 Å². The molecule has 1 heterocycles. The molecule has 1 saturated heterocycles. The number of rotatable bonds is 7. The Labute approximate surface area is 131 Å². The third-order valence-electron chi connectivity index (χ3n) is 3.61. The number of benzene rings is 1. The van der Waals surface area contributed by atoms with E-state index in [1.165, 1.54) is 0 Å². The fraction of sp³-hybridized carbons (Fsp3) is 0.533. The van der Waals surface area contributed by atoms with Crippen molar-refractivity contribution in [3.63, 3.8) is 0 Å². The van der Waals surface area contributed by atoms with E-state index in [0.717, 1.165) is 24.5 Å². The van der Waals surface area contributed by atoms with Crippen molar-refractivity contribution in [2.75, 3.05) is 38.7 Å². The lowest BCUT2D eigenvalue weighted by molar-refractivity contribution is -0.121. The largest absolute Gasteiger partial charge is 0.491 e. The quantitative estimate of drug-likeness (QED) is 0.755. The fourth-order valence-corrected chi connectivity index (χ4v) is 2.01. The Kier molecular flexibility index (Phi) is 7.50. The molecule has 1 fully saturated rings. The van der Waals surface area contributed by atoms with Crippen LogP contribution in [0.15, 0.2) is 24.3 Å². The molecule has 1 amide bonds. The molecule has 0 bridgehead atoms. The lowest BCUT2D eigenvalue weighted by Crippen LogP contribution is -2.48. The van der Waals surface area contributed by atoms with Gasteiger partial charge >= 0.3 is 0 Å². The molecule has 1 aliphatic rings. The van der Waals surface area contributed by atoms with Gasteiger partial charge in [-0.05, 0) is 43.3 Å². The molecule has 118 valence electrons. The Morgan fingerprint density at radius 2 is 2.00 bits per heavy atom. The maximum atomic E-state index is 12.1. The second-order valence-electron chi connectivity index (χ2n) is 5.06. The minimum atomic E-state index is 0. The Bertz CT molecular complexity index is 435. The van der Waals surface area contributed by atoms with E-state index in [-0.39, 0.29) is 24.2 Å². The Balaban J connectivity index is 0.00000220. The van der Waals surface area contributed by atoms with Crippen LogP contribution in [0, 0.1) is 11.8 Å². The number of amides is 1. The topological polar surface area (TPSA) is 59.6 Å². The average Bonchev–Trinajstić information content (AvgIpc) is 2.39. The second-order valence-corrected chi connectivity index (χ2v) is 5.06. The van der Waals surface area contributed by atoms with Crippen molar-refractivity contribution in [1.29, 1.82) is 0 Å². The molecular formula is C15H23ClN2O3. The molecule has 0 aliphatic carbocycles. The summed E-state index contributed by atoms with van der Waals surface area (Å²) in [5.41, 5.74) is 0.799. The van der Waals surface area contributed by atoms with Gasteiger partial charge in [-0.25, -0.2) is 0 Å². The Hall–Kier alpha value is -1.30. The van der Waals surface area contributed by atoms with Crippen molar-refractivity contribution >= 4 is 24.0 Å². The molecule has 5 nitrogen and oxygen atoms in total. The number of carbonyl (C=O) groups excluding carboxylic acids is 1. The molecule has 0 aromatic heterocycles. The first kappa shape index (κ1) is 17.8. The van der Waals surface area contributed by atoms with E-state index in [0.29, 0.717) is 19.1 Å². The van der Waals surface area contributed by atoms with Gasteiger partial charge in [0.15, 0.2) is 0 Å². The molecule has 6 heteroatoms. The summed E-state index contributed by atoms with van der Waals surface area (Å²) in [6.07, 6.45) is 0. The number of ether oxygens (including phenoxy) is 2. The van der Waals surface area contributed by atoms with Crippen LogP contribution >= 0.6 is 12.4 Å². The lowest BCUT2D eigenvalue weighted by Gasteiger charge is -2.31. The molecule has 1 aliphatic heterocycles. The molecule has 1 atom stereocenters. The summed E-state index contributed by atoms with van der Waals surface area (Å²) in [4.78, 5) is 12.1. The van der Waals surface area contributed by atoms with Gasteiger partial charge in [0, 0.05) is 18.7 Å². The number of nitrogens with one attached hydrogen (secondary N) is 2. The summed E-state index contributed by atoms with van der Waals surface area (Å²) in [5, 5.41) is 6.12. The zero-order chi connectivity index (χ0) is 14.4. The highest BCUT2D eigenvalue weighted by Crippen LogP contribution is 2.20. The highest BCUT2D eigenvalue weighted by Gasteiger charge is 2.28. The van der Waals surface area contributed by atoms with Gasteiger partial charge in [0.25, 0.3) is 0 Å². The standard InChI is InChI=1S/C15H22N2O3.ClH/c1-11(12-9-16-10-12)15(18)17-13-3-5-14(6-4-13)20-8-7-19-2;/h3-6,11-12,16H,7-10H2,1-2H3,(H,17,18);1H. The van der Waals surface area contributed by atoms with Crippen LogP contribution < -0.4 is 15.4 Å². The van der Waals surface area contributed by atoms with Crippen molar-refractivity contribution < 1.29 is 14.3 Å². The van der Waals surface area contributed by atoms with E-state index < -0.39 is 0 Å². The summed E-state index contributed by atoms with van der Waals surface area (Å²) in [6, 6.07) is 7.40. The van der Waals surface area contributed by atoms with Crippen molar-refractivity contribution in [2.24, 2.45) is 11.8 Å². The minimum absolute atomic E-state index is 0. The molecule has 0 radical (unpaired) electrons. The first-order chi connectivity index (χ1) is 9.70. The molecule has 2 rings (SSSR count). The van der Waals surface area contributed by atoms with Gasteiger partial charge < -0.3 is 20.1 Å². The molecule has 1 aromatic rings. The van der Waals surface area contributed by atoms with Crippen molar-refractivity contribution in [3.8, 4) is 5.75 Å². The number of anilines is 1. The first-order valence-electron chi connectivity index (χ1n) is 6.94. The smallest absolute Gasteiger partial charge is 0.227 e. The monoisotopic (exact) mass is 314 g/mol. The van der Waals surface area contributed by atoms with Gasteiger partial charge in [-0.3, -0.25) is 4.79 Å². The predicted molar refractivity (Wildman–Crippen MR) is 85.2 cm³/mol. The zero-order valence-corrected chi connectivity index (χ0v) is 13.2. The van der Waals surface area contributed by atoms with Gasteiger partial charge in [-0.1, -0.05) is 6.92 Å². The average molecular weight is 315 g/mol. The lowest BCUT2D eigenvalue weighted by atomic mass is 9.88. The second kappa shape index (κ2) is 8.87. The summed E-state index contributed by atoms with van der Waals surface area (Å²) in [6.45, 7) is 4.92. The Morgan fingerprint density at radius 1 is 1.33 bits per heavy atom. The zero-order valence-electron chi connectivity index (χ0n) is 12.4. The maximum Gasteiger partial charge on any atom is 0.227 e. The summed E-state index contributed by atoms with van der Waals surface area (Å²) in [5.74, 6) is 1.33. The van der Waals surface area contributed by atoms with E-state index in [2.05, 4.69) is 10.6 Å². The molecule has 1 aromatic carbocycles. The number of hydrogen-bond donors (Lipinski definition) is 2. The number of carbonyl (C=O) groups is 1. The third kappa shape index (κ3) is 5.19. The van der Waals surface area contributed by atoms with Gasteiger partial charge in [-0.2, -0.15) is 0 Å². The highest BCUT2D eigenvalue weighted by atomic mass is 35.5. The highest BCUT2D eigenvalue weighted by molar-refractivity contribution is 5.92. The van der Waals surface area contributed by atoms with Crippen LogP contribution in [-0.2, 0) is 9.53 Å². The normalized spacial score (nSPS) is 15.5. The maximum absolute atomic E-state index is 12.1. The van der Waals surface area contributed by atoms with E-state index in [4.69, 9.17) is 9.47 Å². The number of hydrogen-bond acceptors (Lipinski definition) is 4. The van der Waals surface area contributed by atoms with Gasteiger partial charge in [-0.15, -0.1) is 12.4 Å². The van der Waals surface area contributed by atoms with Crippen molar-refractivity contribution in [1.82, 2.24) is 5.32 Å². The van der Waals surface area contributed by atoms with Gasteiger partial charge in [0.2, 0.25) is 5.91 Å². The van der Waals surface area contributed by atoms with Crippen LogP contribution in [0.25, 0.3) is 0 Å². The molecule has 0 spiro atoms. The Morgan fingerprint density at radius 3 is 2.52 bits per heavy atom. The van der Waals surface area contributed by atoms with E-state index in [9.17, 15) is 4.79 Å². The van der Waals surface area contributed by atoms with Crippen molar-refractivity contribution in [3.05, 3.63) is 24.3 Å². The number of methoxy groups -OCH3 is 1. The van der Waals surface area contributed by atoms with Gasteiger partial charge in [0.05, 0.1) is 6.61 Å².